The predicted molar refractivity (Wildman–Crippen MR) is 58.9 cm³/mol. The molecule has 2 N–H and O–H groups in total. The molecule has 0 saturated heterocycles. The van der Waals surface area contributed by atoms with Gasteiger partial charge in [0.05, 0.1) is 18.8 Å². The highest BCUT2D eigenvalue weighted by atomic mass is 16.3. The standard InChI is InChI=1S/C11H18N2O2/c1-11(2,8-14)13(3)7-10(15)9-5-4-6-12-9/h4-6,12,14H,7-8H2,1-3H3. The molecule has 1 aromatic rings. The van der Waals surface area contributed by atoms with Crippen LogP contribution in [0.25, 0.3) is 0 Å². The van der Waals surface area contributed by atoms with E-state index in [1.54, 1.807) is 18.3 Å². The van der Waals surface area contributed by atoms with Crippen LogP contribution in [0.4, 0.5) is 0 Å². The molecule has 0 unspecified atom stereocenters. The summed E-state index contributed by atoms with van der Waals surface area (Å²) in [7, 11) is 1.83. The van der Waals surface area contributed by atoms with Crippen molar-refractivity contribution in [3.05, 3.63) is 24.0 Å². The molecule has 4 nitrogen and oxygen atoms in total. The van der Waals surface area contributed by atoms with Gasteiger partial charge in [-0.2, -0.15) is 0 Å². The first-order chi connectivity index (χ1) is 6.97. The Kier molecular flexibility index (Phi) is 3.66. The summed E-state index contributed by atoms with van der Waals surface area (Å²) >= 11 is 0. The Hall–Kier alpha value is -1.13. The fourth-order valence-electron chi connectivity index (χ4n) is 1.14. The predicted octanol–water partition coefficient (Wildman–Crippen LogP) is 0.900. The molecule has 0 saturated carbocycles. The van der Waals surface area contributed by atoms with Gasteiger partial charge in [0.2, 0.25) is 0 Å². The van der Waals surface area contributed by atoms with Gasteiger partial charge in [0.25, 0.3) is 0 Å². The van der Waals surface area contributed by atoms with E-state index in [2.05, 4.69) is 4.98 Å². The number of rotatable bonds is 5. The van der Waals surface area contributed by atoms with Crippen LogP contribution in [0, 0.1) is 0 Å². The molecule has 0 spiro atoms. The lowest BCUT2D eigenvalue weighted by molar-refractivity contribution is 0.0656. The lowest BCUT2D eigenvalue weighted by Gasteiger charge is -2.33. The van der Waals surface area contributed by atoms with Gasteiger partial charge in [0.15, 0.2) is 5.78 Å². The van der Waals surface area contributed by atoms with Crippen molar-refractivity contribution >= 4 is 5.78 Å². The van der Waals surface area contributed by atoms with Crippen molar-refractivity contribution in [3.8, 4) is 0 Å². The molecule has 0 atom stereocenters. The fourth-order valence-corrected chi connectivity index (χ4v) is 1.14. The molecule has 4 heteroatoms. The van der Waals surface area contributed by atoms with Crippen molar-refractivity contribution in [1.82, 2.24) is 9.88 Å². The number of Topliss-reactive ketones (excluding diaryl/α,β-unsaturated/α-hetero) is 1. The minimum Gasteiger partial charge on any atom is -0.394 e. The number of hydrogen-bond acceptors (Lipinski definition) is 3. The largest absolute Gasteiger partial charge is 0.394 e. The van der Waals surface area contributed by atoms with Crippen molar-refractivity contribution in [2.24, 2.45) is 0 Å². The molecule has 0 aliphatic rings. The number of hydrogen-bond donors (Lipinski definition) is 2. The van der Waals surface area contributed by atoms with E-state index < -0.39 is 0 Å². The van der Waals surface area contributed by atoms with E-state index >= 15 is 0 Å². The van der Waals surface area contributed by atoms with Crippen molar-refractivity contribution in [2.75, 3.05) is 20.2 Å². The van der Waals surface area contributed by atoms with Crippen LogP contribution in [0.15, 0.2) is 18.3 Å². The van der Waals surface area contributed by atoms with Gasteiger partial charge >= 0.3 is 0 Å². The zero-order chi connectivity index (χ0) is 11.5. The molecule has 0 aliphatic heterocycles. The van der Waals surface area contributed by atoms with Crippen LogP contribution >= 0.6 is 0 Å². The number of aliphatic hydroxyl groups is 1. The van der Waals surface area contributed by atoms with Gasteiger partial charge in [-0.25, -0.2) is 0 Å². The summed E-state index contributed by atoms with van der Waals surface area (Å²) in [5.74, 6) is 0.0315. The average Bonchev–Trinajstić information content (AvgIpc) is 2.70. The summed E-state index contributed by atoms with van der Waals surface area (Å²) < 4.78 is 0. The van der Waals surface area contributed by atoms with Crippen LogP contribution in [0.1, 0.15) is 24.3 Å². The van der Waals surface area contributed by atoms with Crippen molar-refractivity contribution in [3.63, 3.8) is 0 Å². The number of H-pyrrole nitrogens is 1. The highest BCUT2D eigenvalue weighted by Gasteiger charge is 2.24. The average molecular weight is 210 g/mol. The van der Waals surface area contributed by atoms with E-state index in [-0.39, 0.29) is 17.9 Å². The van der Waals surface area contributed by atoms with E-state index in [1.165, 1.54) is 0 Å². The fraction of sp³-hybridized carbons (Fsp3) is 0.545. The third-order valence-electron chi connectivity index (χ3n) is 2.70. The minimum atomic E-state index is -0.373. The second kappa shape index (κ2) is 4.59. The van der Waals surface area contributed by atoms with E-state index in [0.717, 1.165) is 0 Å². The highest BCUT2D eigenvalue weighted by molar-refractivity contribution is 5.95. The van der Waals surface area contributed by atoms with Crippen LogP contribution < -0.4 is 0 Å². The lowest BCUT2D eigenvalue weighted by Crippen LogP contribution is -2.46. The Balaban J connectivity index is 2.60. The molecule has 1 aromatic heterocycles. The monoisotopic (exact) mass is 210 g/mol. The third kappa shape index (κ3) is 2.91. The normalized spacial score (nSPS) is 12.1. The van der Waals surface area contributed by atoms with E-state index in [1.807, 2.05) is 25.8 Å². The second-order valence-electron chi connectivity index (χ2n) is 4.33. The summed E-state index contributed by atoms with van der Waals surface area (Å²) in [6.07, 6.45) is 1.73. The van der Waals surface area contributed by atoms with Crippen molar-refractivity contribution < 1.29 is 9.90 Å². The van der Waals surface area contributed by atoms with Crippen molar-refractivity contribution in [2.45, 2.75) is 19.4 Å². The summed E-state index contributed by atoms with van der Waals surface area (Å²) in [6, 6.07) is 3.55. The number of nitrogens with zero attached hydrogens (tertiary/aromatic N) is 1. The highest BCUT2D eigenvalue weighted by Crippen LogP contribution is 2.11. The zero-order valence-corrected chi connectivity index (χ0v) is 9.45. The maximum absolute atomic E-state index is 11.7. The molecule has 0 aliphatic carbocycles. The number of aliphatic hydroxyl groups excluding tert-OH is 1. The number of carbonyl (C=O) groups excluding carboxylic acids is 1. The van der Waals surface area contributed by atoms with Crippen molar-refractivity contribution in [1.29, 1.82) is 0 Å². The molecular formula is C11H18N2O2. The Labute approximate surface area is 89.9 Å². The first kappa shape index (κ1) is 11.9. The molecule has 1 rings (SSSR count). The maximum atomic E-state index is 11.7. The van der Waals surface area contributed by atoms with E-state index in [0.29, 0.717) is 12.2 Å². The van der Waals surface area contributed by atoms with Gasteiger partial charge in [0, 0.05) is 11.7 Å². The summed E-state index contributed by atoms with van der Waals surface area (Å²) in [5.41, 5.74) is 0.234. The van der Waals surface area contributed by atoms with Crippen LogP contribution in [0.5, 0.6) is 0 Å². The third-order valence-corrected chi connectivity index (χ3v) is 2.70. The number of carbonyl (C=O) groups is 1. The molecule has 0 aromatic carbocycles. The number of ketones is 1. The van der Waals surface area contributed by atoms with Crippen LogP contribution in [0.3, 0.4) is 0 Å². The SMILES string of the molecule is CN(CC(=O)c1ccc[nH]1)C(C)(C)CO. The number of likely N-dealkylation sites (N-methyl/N-ethyl adjacent to an activating group) is 1. The first-order valence-corrected chi connectivity index (χ1v) is 4.96. The van der Waals surface area contributed by atoms with Crippen LogP contribution in [-0.2, 0) is 0 Å². The molecule has 0 fully saturated rings. The molecule has 1 heterocycles. The van der Waals surface area contributed by atoms with Gasteiger partial charge in [-0.1, -0.05) is 0 Å². The van der Waals surface area contributed by atoms with Crippen LogP contribution in [0.2, 0.25) is 0 Å². The van der Waals surface area contributed by atoms with Gasteiger partial charge in [0.1, 0.15) is 0 Å². The smallest absolute Gasteiger partial charge is 0.192 e. The maximum Gasteiger partial charge on any atom is 0.192 e. The summed E-state index contributed by atoms with van der Waals surface area (Å²) in [4.78, 5) is 16.4. The van der Waals surface area contributed by atoms with Gasteiger partial charge in [-0.3, -0.25) is 9.69 Å². The number of aromatic amines is 1. The van der Waals surface area contributed by atoms with Crippen LogP contribution in [-0.4, -0.2) is 46.5 Å². The number of aromatic nitrogens is 1. The Bertz CT molecular complexity index is 317. The first-order valence-electron chi connectivity index (χ1n) is 4.96. The summed E-state index contributed by atoms with van der Waals surface area (Å²) in [6.45, 7) is 4.12. The topological polar surface area (TPSA) is 56.3 Å². The Morgan fingerprint density at radius 3 is 2.73 bits per heavy atom. The van der Waals surface area contributed by atoms with Gasteiger partial charge in [-0.15, -0.1) is 0 Å². The molecule has 15 heavy (non-hydrogen) atoms. The molecule has 0 radical (unpaired) electrons. The zero-order valence-electron chi connectivity index (χ0n) is 9.45. The van der Waals surface area contributed by atoms with E-state index in [4.69, 9.17) is 5.11 Å². The summed E-state index contributed by atoms with van der Waals surface area (Å²) in [5, 5.41) is 9.15. The minimum absolute atomic E-state index is 0.0293. The quantitative estimate of drug-likeness (QED) is 0.710. The van der Waals surface area contributed by atoms with E-state index in [9.17, 15) is 4.79 Å². The second-order valence-corrected chi connectivity index (χ2v) is 4.33. The Morgan fingerprint density at radius 1 is 1.60 bits per heavy atom. The van der Waals surface area contributed by atoms with Gasteiger partial charge in [-0.05, 0) is 33.0 Å². The molecular weight excluding hydrogens is 192 g/mol. The molecule has 0 bridgehead atoms. The lowest BCUT2D eigenvalue weighted by atomic mass is 10.0. The Morgan fingerprint density at radius 2 is 2.27 bits per heavy atom. The van der Waals surface area contributed by atoms with Gasteiger partial charge < -0.3 is 10.1 Å². The molecule has 0 amide bonds. The molecule has 84 valence electrons. The number of nitrogens with one attached hydrogen (secondary N) is 1.